The average molecular weight is 195 g/mol. The zero-order valence-electron chi connectivity index (χ0n) is 7.79. The van der Waals surface area contributed by atoms with Gasteiger partial charge in [-0.3, -0.25) is 4.79 Å². The fraction of sp³-hybridized carbons (Fsp3) is 0.556. The maximum atomic E-state index is 11.3. The molecular formula is C9H13N3O2. The molecule has 1 saturated carbocycles. The number of aromatic amines is 1. The predicted molar refractivity (Wildman–Crippen MR) is 52.1 cm³/mol. The Morgan fingerprint density at radius 1 is 1.64 bits per heavy atom. The lowest BCUT2D eigenvalue weighted by Gasteiger charge is -2.41. The highest BCUT2D eigenvalue weighted by atomic mass is 16.3. The molecule has 0 aliphatic heterocycles. The number of aromatic nitrogens is 2. The van der Waals surface area contributed by atoms with Gasteiger partial charge in [-0.2, -0.15) is 0 Å². The highest BCUT2D eigenvalue weighted by Crippen LogP contribution is 2.33. The second kappa shape index (κ2) is 3.42. The Morgan fingerprint density at radius 3 is 2.93 bits per heavy atom. The molecule has 1 heterocycles. The average Bonchev–Trinajstić information content (AvgIpc) is 2.14. The van der Waals surface area contributed by atoms with Crippen molar-refractivity contribution in [2.45, 2.75) is 24.8 Å². The summed E-state index contributed by atoms with van der Waals surface area (Å²) >= 11 is 0. The third kappa shape index (κ3) is 1.50. The van der Waals surface area contributed by atoms with E-state index in [1.165, 1.54) is 12.4 Å². The molecule has 1 aliphatic carbocycles. The molecule has 5 heteroatoms. The fourth-order valence-corrected chi connectivity index (χ4v) is 1.62. The number of H-pyrrole nitrogens is 1. The van der Waals surface area contributed by atoms with Crippen molar-refractivity contribution < 1.29 is 5.11 Å². The number of anilines is 1. The molecule has 1 aliphatic rings. The molecule has 0 radical (unpaired) electrons. The molecule has 3 N–H and O–H groups in total. The molecule has 0 bridgehead atoms. The van der Waals surface area contributed by atoms with E-state index in [2.05, 4.69) is 15.3 Å². The van der Waals surface area contributed by atoms with Gasteiger partial charge >= 0.3 is 0 Å². The van der Waals surface area contributed by atoms with Crippen LogP contribution in [0.5, 0.6) is 0 Å². The first kappa shape index (κ1) is 9.21. The van der Waals surface area contributed by atoms with E-state index in [0.717, 1.165) is 19.3 Å². The number of rotatable bonds is 3. The quantitative estimate of drug-likeness (QED) is 0.639. The first-order valence-electron chi connectivity index (χ1n) is 4.68. The standard InChI is InChI=1S/C9H13N3O2/c13-6-9(2-1-3-9)12-7-8(14)11-5-4-10-7/h4-5,13H,1-3,6H2,(H,10,12)(H,11,14). The van der Waals surface area contributed by atoms with E-state index in [1.807, 2.05) is 0 Å². The van der Waals surface area contributed by atoms with Gasteiger partial charge in [0, 0.05) is 12.4 Å². The van der Waals surface area contributed by atoms with Gasteiger partial charge in [-0.15, -0.1) is 0 Å². The molecule has 1 fully saturated rings. The predicted octanol–water partition coefficient (Wildman–Crippen LogP) is 0.0968. The van der Waals surface area contributed by atoms with Crippen molar-refractivity contribution in [2.75, 3.05) is 11.9 Å². The van der Waals surface area contributed by atoms with Crippen molar-refractivity contribution in [1.82, 2.24) is 9.97 Å². The molecule has 0 amide bonds. The van der Waals surface area contributed by atoms with Gasteiger partial charge in [-0.1, -0.05) is 0 Å². The number of hydrogen-bond acceptors (Lipinski definition) is 4. The van der Waals surface area contributed by atoms with E-state index < -0.39 is 0 Å². The summed E-state index contributed by atoms with van der Waals surface area (Å²) in [7, 11) is 0. The third-order valence-electron chi connectivity index (χ3n) is 2.70. The summed E-state index contributed by atoms with van der Waals surface area (Å²) in [5.41, 5.74) is -0.561. The van der Waals surface area contributed by atoms with Crippen LogP contribution in [0.2, 0.25) is 0 Å². The van der Waals surface area contributed by atoms with E-state index in [0.29, 0.717) is 5.82 Å². The van der Waals surface area contributed by atoms with Gasteiger partial charge in [-0.05, 0) is 19.3 Å². The number of nitrogens with zero attached hydrogens (tertiary/aromatic N) is 1. The summed E-state index contributed by atoms with van der Waals surface area (Å²) in [4.78, 5) is 17.8. The Hall–Kier alpha value is -1.36. The molecular weight excluding hydrogens is 182 g/mol. The number of hydrogen-bond donors (Lipinski definition) is 3. The number of aliphatic hydroxyl groups is 1. The van der Waals surface area contributed by atoms with Crippen molar-refractivity contribution in [2.24, 2.45) is 0 Å². The Bertz CT molecular complexity index is 365. The van der Waals surface area contributed by atoms with Crippen LogP contribution in [0.25, 0.3) is 0 Å². The first-order chi connectivity index (χ1) is 6.76. The highest BCUT2D eigenvalue weighted by molar-refractivity contribution is 5.35. The molecule has 76 valence electrons. The second-order valence-electron chi connectivity index (χ2n) is 3.68. The Morgan fingerprint density at radius 2 is 2.43 bits per heavy atom. The van der Waals surface area contributed by atoms with Gasteiger partial charge in [-0.25, -0.2) is 4.98 Å². The fourth-order valence-electron chi connectivity index (χ4n) is 1.62. The van der Waals surface area contributed by atoms with Gasteiger partial charge < -0.3 is 15.4 Å². The minimum absolute atomic E-state index is 0.0447. The van der Waals surface area contributed by atoms with E-state index in [9.17, 15) is 9.90 Å². The lowest BCUT2D eigenvalue weighted by atomic mass is 9.77. The van der Waals surface area contributed by atoms with E-state index in [4.69, 9.17) is 0 Å². The molecule has 5 nitrogen and oxygen atoms in total. The third-order valence-corrected chi connectivity index (χ3v) is 2.70. The van der Waals surface area contributed by atoms with Crippen LogP contribution in [0.4, 0.5) is 5.82 Å². The molecule has 0 aromatic carbocycles. The van der Waals surface area contributed by atoms with E-state index in [-0.39, 0.29) is 17.7 Å². The van der Waals surface area contributed by atoms with E-state index >= 15 is 0 Å². The Balaban J connectivity index is 2.18. The monoisotopic (exact) mass is 195 g/mol. The molecule has 0 unspecified atom stereocenters. The Labute approximate surface area is 81.2 Å². The summed E-state index contributed by atoms with van der Waals surface area (Å²) in [5.74, 6) is 0.293. The van der Waals surface area contributed by atoms with Crippen molar-refractivity contribution in [3.8, 4) is 0 Å². The van der Waals surface area contributed by atoms with E-state index in [1.54, 1.807) is 0 Å². The SMILES string of the molecule is O=c1[nH]ccnc1NC1(CO)CCC1. The summed E-state index contributed by atoms with van der Waals surface area (Å²) in [5, 5.41) is 12.2. The molecule has 0 atom stereocenters. The van der Waals surface area contributed by atoms with Crippen LogP contribution in [0, 0.1) is 0 Å². The molecule has 2 rings (SSSR count). The first-order valence-corrected chi connectivity index (χ1v) is 4.68. The topological polar surface area (TPSA) is 78.0 Å². The molecule has 1 aromatic rings. The maximum absolute atomic E-state index is 11.3. The lowest BCUT2D eigenvalue weighted by Crippen LogP contribution is -2.49. The van der Waals surface area contributed by atoms with Crippen molar-refractivity contribution in [3.63, 3.8) is 0 Å². The molecule has 1 aromatic heterocycles. The number of nitrogens with one attached hydrogen (secondary N) is 2. The number of aliphatic hydroxyl groups excluding tert-OH is 1. The van der Waals surface area contributed by atoms with Gasteiger partial charge in [0.15, 0.2) is 5.82 Å². The van der Waals surface area contributed by atoms with Crippen LogP contribution in [0.1, 0.15) is 19.3 Å². The minimum atomic E-state index is -0.318. The van der Waals surface area contributed by atoms with Crippen molar-refractivity contribution in [3.05, 3.63) is 22.7 Å². The highest BCUT2D eigenvalue weighted by Gasteiger charge is 2.36. The minimum Gasteiger partial charge on any atom is -0.394 e. The zero-order valence-corrected chi connectivity index (χ0v) is 7.79. The van der Waals surface area contributed by atoms with Crippen LogP contribution < -0.4 is 10.9 Å². The van der Waals surface area contributed by atoms with Crippen LogP contribution >= 0.6 is 0 Å². The normalized spacial score (nSPS) is 18.6. The van der Waals surface area contributed by atoms with Gasteiger partial charge in [0.1, 0.15) is 0 Å². The second-order valence-corrected chi connectivity index (χ2v) is 3.68. The molecule has 14 heavy (non-hydrogen) atoms. The zero-order chi connectivity index (χ0) is 10.0. The summed E-state index contributed by atoms with van der Waals surface area (Å²) in [6, 6.07) is 0. The largest absolute Gasteiger partial charge is 0.394 e. The van der Waals surface area contributed by atoms with Gasteiger partial charge in [0.2, 0.25) is 0 Å². The molecule has 0 saturated heterocycles. The van der Waals surface area contributed by atoms with Crippen LogP contribution in [-0.2, 0) is 0 Å². The van der Waals surface area contributed by atoms with Crippen LogP contribution in [-0.4, -0.2) is 27.2 Å². The van der Waals surface area contributed by atoms with Gasteiger partial charge in [0.05, 0.1) is 12.1 Å². The van der Waals surface area contributed by atoms with Crippen molar-refractivity contribution in [1.29, 1.82) is 0 Å². The summed E-state index contributed by atoms with van der Waals surface area (Å²) in [6.07, 6.45) is 5.87. The maximum Gasteiger partial charge on any atom is 0.290 e. The summed E-state index contributed by atoms with van der Waals surface area (Å²) in [6.45, 7) is 0.0447. The van der Waals surface area contributed by atoms with Crippen LogP contribution in [0.3, 0.4) is 0 Å². The van der Waals surface area contributed by atoms with Crippen LogP contribution in [0.15, 0.2) is 17.2 Å². The summed E-state index contributed by atoms with van der Waals surface area (Å²) < 4.78 is 0. The van der Waals surface area contributed by atoms with Gasteiger partial charge in [0.25, 0.3) is 5.56 Å². The lowest BCUT2D eigenvalue weighted by molar-refractivity contribution is 0.143. The van der Waals surface area contributed by atoms with Crippen molar-refractivity contribution >= 4 is 5.82 Å². The smallest absolute Gasteiger partial charge is 0.290 e. The molecule has 0 spiro atoms. The Kier molecular flexibility index (Phi) is 2.25.